The van der Waals surface area contributed by atoms with Crippen LogP contribution >= 0.6 is 0 Å². The number of halogens is 10. The number of amides is 1. The summed E-state index contributed by atoms with van der Waals surface area (Å²) in [6, 6.07) is 10.5. The van der Waals surface area contributed by atoms with Crippen LogP contribution in [0.25, 0.3) is 85.8 Å². The topological polar surface area (TPSA) is 487 Å². The van der Waals surface area contributed by atoms with Crippen molar-refractivity contribution in [2.24, 2.45) is 24.6 Å². The van der Waals surface area contributed by atoms with E-state index in [1.807, 2.05) is 52.1 Å². The molecule has 0 radical (unpaired) electrons. The molecule has 43 nitrogen and oxygen atoms in total. The maximum atomic E-state index is 13.1. The highest BCUT2D eigenvalue weighted by atomic mass is 32.2. The lowest BCUT2D eigenvalue weighted by molar-refractivity contribution is -0.121. The first kappa shape index (κ1) is 97.7. The summed E-state index contributed by atoms with van der Waals surface area (Å²) < 4.78 is 196. The number of aromatic amines is 1. The number of aromatic nitrogens is 29. The molecule has 0 saturated carbocycles. The van der Waals surface area contributed by atoms with Crippen LogP contribution in [0.4, 0.5) is 73.0 Å². The molecule has 6 unspecified atom stereocenters. The zero-order valence-electron chi connectivity index (χ0n) is 76.3. The zero-order chi connectivity index (χ0) is 100. The lowest BCUT2D eigenvalue weighted by Gasteiger charge is -2.36. The summed E-state index contributed by atoms with van der Waals surface area (Å²) in [4.78, 5) is 106. The Bertz CT molecular complexity index is 7630. The van der Waals surface area contributed by atoms with Gasteiger partial charge in [-0.3, -0.25) is 36.6 Å². The molecule has 5 fully saturated rings. The van der Waals surface area contributed by atoms with Gasteiger partial charge in [-0.2, -0.15) is 10.2 Å². The molecule has 5 aliphatic rings. The fraction of sp³-hybridized carbons (Fsp3) is 0.352. The Hall–Kier alpha value is -15.5. The van der Waals surface area contributed by atoms with Gasteiger partial charge < -0.3 is 35.0 Å². The van der Waals surface area contributed by atoms with Crippen molar-refractivity contribution in [2.75, 3.05) is 116 Å². The third-order valence-electron chi connectivity index (χ3n) is 24.3. The molecule has 22 rings (SSSR count). The van der Waals surface area contributed by atoms with Gasteiger partial charge in [0, 0.05) is 177 Å². The van der Waals surface area contributed by atoms with E-state index >= 15 is 0 Å². The number of alkyl halides is 10. The predicted molar refractivity (Wildman–Crippen MR) is 498 cm³/mol. The van der Waals surface area contributed by atoms with E-state index in [0.717, 1.165) is 81.8 Å². The Balaban J connectivity index is 0.000000118. The molecule has 143 heavy (non-hydrogen) atoms. The first-order valence-corrected chi connectivity index (χ1v) is 48.4. The Morgan fingerprint density at radius 1 is 0.413 bits per heavy atom. The lowest BCUT2D eigenvalue weighted by atomic mass is 10.0. The van der Waals surface area contributed by atoms with E-state index in [-0.39, 0.29) is 52.3 Å². The first-order chi connectivity index (χ1) is 68.8. The van der Waals surface area contributed by atoms with Crippen molar-refractivity contribution in [3.05, 3.63) is 219 Å². The van der Waals surface area contributed by atoms with Crippen molar-refractivity contribution in [3.8, 4) is 57.6 Å². The normalized spacial score (nSPS) is 17.5. The Morgan fingerprint density at radius 3 is 1.10 bits per heavy atom. The van der Waals surface area contributed by atoms with Crippen molar-refractivity contribution < 1.29 is 70.3 Å². The maximum absolute atomic E-state index is 13.1. The van der Waals surface area contributed by atoms with Gasteiger partial charge in [-0.15, -0.1) is 0 Å². The van der Waals surface area contributed by atoms with E-state index in [4.69, 9.17) is 10.5 Å². The first-order valence-electron chi connectivity index (χ1n) is 44.6. The van der Waals surface area contributed by atoms with Gasteiger partial charge in [-0.1, -0.05) is 0 Å². The molecule has 5 saturated heterocycles. The van der Waals surface area contributed by atoms with Crippen molar-refractivity contribution in [3.63, 3.8) is 0 Å². The van der Waals surface area contributed by atoms with Crippen molar-refractivity contribution in [1.29, 1.82) is 0 Å². The second-order valence-electron chi connectivity index (χ2n) is 34.0. The van der Waals surface area contributed by atoms with Crippen molar-refractivity contribution in [1.82, 2.24) is 151 Å². The third-order valence-corrected chi connectivity index (χ3v) is 25.8. The number of fused-ring (bicyclic) bond motifs is 5. The number of primary amides is 1. The van der Waals surface area contributed by atoms with Gasteiger partial charge in [0.2, 0.25) is 26.0 Å². The summed E-state index contributed by atoms with van der Waals surface area (Å²) in [5, 5.41) is 11.3. The Morgan fingerprint density at radius 2 is 0.762 bits per heavy atom. The second kappa shape index (κ2) is 42.1. The second-order valence-corrected chi connectivity index (χ2v) is 37.6. The number of imidazole rings is 5. The van der Waals surface area contributed by atoms with Gasteiger partial charge in [0.1, 0.15) is 86.0 Å². The number of nitrogens with two attached hydrogens (primary N) is 1. The molecule has 55 heteroatoms. The molecule has 0 aromatic carbocycles. The quantitative estimate of drug-likeness (QED) is 0.0408. The Kier molecular flexibility index (Phi) is 28.8. The molecule has 22 heterocycles. The summed E-state index contributed by atoms with van der Waals surface area (Å²) in [6.07, 6.45) is 26.3. The lowest BCUT2D eigenvalue weighted by Crippen LogP contribution is -2.52. The average molecular weight is 2020 g/mol. The van der Waals surface area contributed by atoms with E-state index < -0.39 is 58.2 Å². The largest absolute Gasteiger partial charge is 0.373 e. The summed E-state index contributed by atoms with van der Waals surface area (Å²) in [5.41, 5.74) is 10.7. The number of hydrogen-bond donors (Lipinski definition) is 4. The highest BCUT2D eigenvalue weighted by molar-refractivity contribution is 7.89. The number of aryl methyl sites for hydroxylation is 1. The molecular formula is C88H89F10N37O6S2. The molecule has 0 spiro atoms. The van der Waals surface area contributed by atoms with Crippen molar-refractivity contribution >= 4 is 83.3 Å². The van der Waals surface area contributed by atoms with E-state index in [1.54, 1.807) is 83.5 Å². The van der Waals surface area contributed by atoms with Crippen molar-refractivity contribution in [2.45, 2.75) is 88.7 Å². The minimum absolute atomic E-state index is 0.179. The van der Waals surface area contributed by atoms with Crippen LogP contribution in [0.1, 0.15) is 116 Å². The molecule has 0 aliphatic carbocycles. The number of rotatable bonds is 24. The molecule has 744 valence electrons. The number of nitrogens with one attached hydrogen (secondary N) is 3. The van der Waals surface area contributed by atoms with Gasteiger partial charge in [0.25, 0.3) is 32.1 Å². The van der Waals surface area contributed by atoms with E-state index in [2.05, 4.69) is 139 Å². The van der Waals surface area contributed by atoms with Crippen LogP contribution in [0.5, 0.6) is 0 Å². The summed E-state index contributed by atoms with van der Waals surface area (Å²) >= 11 is 0. The minimum Gasteiger partial charge on any atom is -0.373 e. The number of anilines is 5. The minimum atomic E-state index is -3.36. The summed E-state index contributed by atoms with van der Waals surface area (Å²) in [6.45, 7) is 9.48. The average Bonchev–Trinajstić information content (AvgIpc) is 1.66. The van der Waals surface area contributed by atoms with E-state index in [0.29, 0.717) is 167 Å². The van der Waals surface area contributed by atoms with Gasteiger partial charge in [-0.05, 0) is 80.5 Å². The molecular weight excluding hydrogens is 1930 g/mol. The molecule has 5 aliphatic heterocycles. The SMILES string of the molecule is CC(NS(C)(=O)=O)C1CN(c2ccnc(-c3cnc4cnc(C(F)F)cn34)n2)CCO1.CS(=O)(=O)NCC1CCN(c2ccnc(-c3cnc4cnc(C(F)F)cn34)n2)C1.Cn1cc(C2CCN(c3ccnc(-c4cnc5cnc(C(F)F)cn45)n3)C2)cn1.FC(F)c1cn2c(-c3nccc(N4CCC(c5ccn[nH]5)C4)n3)cnc2cn1.NC(=O)C1CCN(c2ccnc(-c3cnc4cnc(C(F)F)cn34)n2)C1. The third kappa shape index (κ3) is 22.8. The molecule has 6 atom stereocenters. The number of carbonyl (C=O) groups excluding carboxylic acids is 1. The van der Waals surface area contributed by atoms with E-state index in [9.17, 15) is 65.5 Å². The van der Waals surface area contributed by atoms with Gasteiger partial charge in [0.05, 0.1) is 99.3 Å². The molecule has 0 bridgehead atoms. The molecule has 5 N–H and O–H groups in total. The number of sulfonamides is 2. The standard InChI is InChI=1S/C19H18F2N8.C18H16F2N8.C18H21F2N7O3S.C17H19F2N7O2S.C16H15F2N7O/c1-27-9-13(6-25-27)12-3-5-28(10-12)16-2-4-22-19(26-16)15-7-24-17-8-23-14(18(20)21)11-29(15)17;19-17(20)13-10-28-14(7-23-16(28)8-22-13)18-21-4-2-15(25-18)27-6-3-11(9-27)12-1-5-24-26-12;1-11(25-31(2,28)29)14-10-26(5-6-30-14)15-3-4-21-18(24-15)13-7-23-16-8-22-12(17(19)20)9-27(13)16;1-29(27,28)23-6-11-3-5-25(9-11)14-2-4-20-17(24-14)13-7-22-15-8-21-12(16(18)19)10-26(13)15;17-14(18)10-8-25-11(5-22-13(25)6-21-10)16-20-3-1-12(23-16)24-4-2-9(7-24)15(19)26/h2,4,6-9,11-12,18H,3,5,10H2,1H3;1-2,4-5,7-8,10-11,17H,3,6,9H2,(H,24,26);3-4,7-9,11,14,17,25H,5-6,10H2,1-2H3;2,4,7-8,10-11,16,23H,3,5-6,9H2,1H3;1,3,5-6,8-9,14H,2,4,7H2,(H2,19,26). The van der Waals surface area contributed by atoms with Gasteiger partial charge >= 0.3 is 0 Å². The zero-order valence-corrected chi connectivity index (χ0v) is 77.9. The van der Waals surface area contributed by atoms with Crippen LogP contribution in [-0.4, -0.2) is 268 Å². The van der Waals surface area contributed by atoms with Crippen LogP contribution in [-0.2, 0) is 36.6 Å². The van der Waals surface area contributed by atoms with Crippen LogP contribution < -0.4 is 39.7 Å². The van der Waals surface area contributed by atoms with E-state index in [1.165, 1.54) is 99.3 Å². The highest BCUT2D eigenvalue weighted by Crippen LogP contribution is 2.36. The summed E-state index contributed by atoms with van der Waals surface area (Å²) in [7, 11) is -4.67. The fourth-order valence-corrected chi connectivity index (χ4v) is 18.4. The predicted octanol–water partition coefficient (Wildman–Crippen LogP) is 9.89. The highest BCUT2D eigenvalue weighted by Gasteiger charge is 2.34. The van der Waals surface area contributed by atoms with Gasteiger partial charge in [-0.25, -0.2) is 170 Å². The molecule has 17 aromatic heterocycles. The van der Waals surface area contributed by atoms with Crippen LogP contribution in [0.3, 0.4) is 0 Å². The number of ether oxygens (including phenoxy) is 1. The fourth-order valence-electron chi connectivity index (χ4n) is 17.0. The van der Waals surface area contributed by atoms with Crippen LogP contribution in [0.2, 0.25) is 0 Å². The number of H-pyrrole nitrogens is 1. The van der Waals surface area contributed by atoms with Gasteiger partial charge in [0.15, 0.2) is 57.4 Å². The summed E-state index contributed by atoms with van der Waals surface area (Å²) in [5.74, 6) is 5.88. The molecule has 17 aromatic rings. The van der Waals surface area contributed by atoms with Crippen LogP contribution in [0, 0.1) is 11.8 Å². The van der Waals surface area contributed by atoms with Crippen LogP contribution in [0.15, 0.2) is 179 Å². The number of nitrogens with zero attached hydrogens (tertiary/aromatic N) is 33. The smallest absolute Gasteiger partial charge is 0.281 e. The molecule has 1 amide bonds. The Labute approximate surface area is 805 Å². The number of carbonyl (C=O) groups is 1. The monoisotopic (exact) mass is 2010 g/mol. The number of hydrogen-bond acceptors (Lipinski definition) is 33. The number of morpholine rings is 1. The maximum Gasteiger partial charge on any atom is 0.281 e.